The Morgan fingerprint density at radius 2 is 1.61 bits per heavy atom. The number of aromatic nitrogens is 1. The maximum atomic E-state index is 12.5. The normalized spacial score (nSPS) is 16.3. The second-order valence-electron chi connectivity index (χ2n) is 5.37. The zero-order valence-corrected chi connectivity index (χ0v) is 12.4. The molecule has 1 N–H and O–H groups in total. The van der Waals surface area contributed by atoms with Crippen molar-refractivity contribution in [2.24, 2.45) is 0 Å². The van der Waals surface area contributed by atoms with Crippen LogP contribution in [0.2, 0.25) is 0 Å². The zero-order valence-electron chi connectivity index (χ0n) is 12.4. The van der Waals surface area contributed by atoms with Crippen molar-refractivity contribution >= 4 is 24.1 Å². The fourth-order valence-corrected chi connectivity index (χ4v) is 2.68. The quantitative estimate of drug-likeness (QED) is 0.399. The third-order valence-electron chi connectivity index (χ3n) is 4.00. The van der Waals surface area contributed by atoms with Crippen LogP contribution in [0, 0.1) is 6.92 Å². The van der Waals surface area contributed by atoms with Crippen LogP contribution < -0.4 is 4.57 Å². The smallest absolute Gasteiger partial charge is 0.225 e. The van der Waals surface area contributed by atoms with Gasteiger partial charge in [-0.25, -0.2) is 0 Å². The van der Waals surface area contributed by atoms with Crippen LogP contribution in [0.5, 0.6) is 0 Å². The first-order valence-electron chi connectivity index (χ1n) is 7.05. The molecule has 3 rings (SSSR count). The number of rotatable bonds is 3. The summed E-state index contributed by atoms with van der Waals surface area (Å²) in [6.07, 6.45) is 3.32. The van der Waals surface area contributed by atoms with Gasteiger partial charge in [0.15, 0.2) is 24.4 Å². The van der Waals surface area contributed by atoms with Crippen LogP contribution in [0.25, 0.3) is 6.20 Å². The summed E-state index contributed by atoms with van der Waals surface area (Å²) in [6.45, 7) is 1.80. The highest BCUT2D eigenvalue weighted by molar-refractivity contribution is 6.35. The van der Waals surface area contributed by atoms with Crippen LogP contribution in [-0.4, -0.2) is 28.6 Å². The van der Waals surface area contributed by atoms with E-state index in [9.17, 15) is 19.5 Å². The fraction of sp³-hybridized carbons (Fsp3) is 0.111. The second-order valence-corrected chi connectivity index (χ2v) is 5.37. The number of aldehydes is 1. The lowest BCUT2D eigenvalue weighted by atomic mass is 9.89. The number of pyridine rings is 1. The predicted octanol–water partition coefficient (Wildman–Crippen LogP) is 1.13. The standard InChI is InChI=1S/C18H14NO4/c1-12-6-4-5-9-19(12)10-13(11-20)18(23)16(21)14-7-2-3-8-15(14)17(18)22/h2-11,23H,1H3/q+1/b13-10+. The molecule has 1 aromatic heterocycles. The number of benzene rings is 1. The van der Waals surface area contributed by atoms with Crippen LogP contribution in [0.15, 0.2) is 54.2 Å². The van der Waals surface area contributed by atoms with E-state index < -0.39 is 17.2 Å². The minimum atomic E-state index is -2.47. The largest absolute Gasteiger partial charge is 0.370 e. The average molecular weight is 308 g/mol. The van der Waals surface area contributed by atoms with Gasteiger partial charge in [0, 0.05) is 30.2 Å². The van der Waals surface area contributed by atoms with Gasteiger partial charge in [0.25, 0.3) is 0 Å². The minimum Gasteiger partial charge on any atom is -0.370 e. The Morgan fingerprint density at radius 1 is 1.04 bits per heavy atom. The number of aryl methyl sites for hydroxylation is 1. The maximum Gasteiger partial charge on any atom is 0.225 e. The molecule has 0 aliphatic heterocycles. The summed E-state index contributed by atoms with van der Waals surface area (Å²) in [6, 6.07) is 11.5. The molecule has 0 bridgehead atoms. The molecule has 0 saturated carbocycles. The summed E-state index contributed by atoms with van der Waals surface area (Å²) in [4.78, 5) is 36.6. The molecular formula is C18H14NO4+. The van der Waals surface area contributed by atoms with Gasteiger partial charge in [-0.3, -0.25) is 14.4 Å². The highest BCUT2D eigenvalue weighted by Crippen LogP contribution is 2.34. The molecule has 0 amide bonds. The molecule has 5 nitrogen and oxygen atoms in total. The molecule has 1 aromatic carbocycles. The molecule has 1 aliphatic carbocycles. The molecule has 1 aliphatic rings. The van der Waals surface area contributed by atoms with Crippen LogP contribution in [0.4, 0.5) is 0 Å². The lowest BCUT2D eigenvalue weighted by Gasteiger charge is -2.17. The van der Waals surface area contributed by atoms with E-state index in [0.717, 1.165) is 5.69 Å². The van der Waals surface area contributed by atoms with E-state index in [1.54, 1.807) is 42.0 Å². The first-order chi connectivity index (χ1) is 11.0. The highest BCUT2D eigenvalue weighted by Gasteiger charge is 2.55. The van der Waals surface area contributed by atoms with E-state index in [0.29, 0.717) is 6.29 Å². The number of carbonyl (C=O) groups is 3. The van der Waals surface area contributed by atoms with E-state index in [1.807, 2.05) is 6.07 Å². The van der Waals surface area contributed by atoms with Crippen molar-refractivity contribution in [3.05, 3.63) is 71.1 Å². The van der Waals surface area contributed by atoms with Gasteiger partial charge >= 0.3 is 0 Å². The van der Waals surface area contributed by atoms with Crippen molar-refractivity contribution in [1.82, 2.24) is 0 Å². The Kier molecular flexibility index (Phi) is 3.50. The molecule has 0 saturated heterocycles. The van der Waals surface area contributed by atoms with Crippen molar-refractivity contribution in [3.63, 3.8) is 0 Å². The van der Waals surface area contributed by atoms with Gasteiger partial charge in [0.2, 0.25) is 17.2 Å². The Balaban J connectivity index is 2.16. The molecule has 2 aromatic rings. The summed E-state index contributed by atoms with van der Waals surface area (Å²) in [7, 11) is 0. The number of hydrogen-bond acceptors (Lipinski definition) is 4. The molecule has 114 valence electrons. The van der Waals surface area contributed by atoms with E-state index >= 15 is 0 Å². The van der Waals surface area contributed by atoms with Gasteiger partial charge in [-0.1, -0.05) is 30.3 Å². The second kappa shape index (κ2) is 5.37. The highest BCUT2D eigenvalue weighted by atomic mass is 16.3. The monoisotopic (exact) mass is 308 g/mol. The molecule has 23 heavy (non-hydrogen) atoms. The van der Waals surface area contributed by atoms with Gasteiger partial charge in [-0.05, 0) is 0 Å². The summed E-state index contributed by atoms with van der Waals surface area (Å²) in [5.41, 5.74) is -1.72. The number of carbonyl (C=O) groups excluding carboxylic acids is 3. The number of hydrogen-bond donors (Lipinski definition) is 1. The summed E-state index contributed by atoms with van der Waals surface area (Å²) in [5.74, 6) is -1.55. The Bertz CT molecular complexity index is 832. The molecule has 0 radical (unpaired) electrons. The van der Waals surface area contributed by atoms with Gasteiger partial charge in [-0.15, -0.1) is 0 Å². The van der Waals surface area contributed by atoms with Crippen molar-refractivity contribution < 1.29 is 24.1 Å². The van der Waals surface area contributed by atoms with Gasteiger partial charge in [-0.2, -0.15) is 4.57 Å². The molecule has 1 heterocycles. The first-order valence-corrected chi connectivity index (χ1v) is 7.05. The van der Waals surface area contributed by atoms with Crippen molar-refractivity contribution in [2.45, 2.75) is 12.5 Å². The molecule has 0 fully saturated rings. The number of nitrogens with zero attached hydrogens (tertiary/aromatic N) is 1. The first kappa shape index (κ1) is 15.0. The molecule has 5 heteroatoms. The average Bonchev–Trinajstić information content (AvgIpc) is 2.77. The third kappa shape index (κ3) is 2.13. The fourth-order valence-electron chi connectivity index (χ4n) is 2.68. The Labute approximate surface area is 132 Å². The SMILES string of the molecule is Cc1cccc[n+]1/C=C(\C=O)C1(O)C(=O)c2ccccc2C1=O. The van der Waals surface area contributed by atoms with Crippen molar-refractivity contribution in [2.75, 3.05) is 0 Å². The third-order valence-corrected chi connectivity index (χ3v) is 4.00. The topological polar surface area (TPSA) is 75.3 Å². The zero-order chi connectivity index (χ0) is 16.6. The predicted molar refractivity (Wildman–Crippen MR) is 81.8 cm³/mol. The molecule has 0 unspecified atom stereocenters. The number of fused-ring (bicyclic) bond motifs is 1. The Morgan fingerprint density at radius 3 is 2.13 bits per heavy atom. The van der Waals surface area contributed by atoms with Crippen LogP contribution in [0.3, 0.4) is 0 Å². The lowest BCUT2D eigenvalue weighted by Crippen LogP contribution is -2.45. The summed E-state index contributed by atoms with van der Waals surface area (Å²) in [5, 5.41) is 10.7. The Hall–Kier alpha value is -2.92. The lowest BCUT2D eigenvalue weighted by molar-refractivity contribution is -0.576. The van der Waals surface area contributed by atoms with Crippen LogP contribution in [-0.2, 0) is 4.79 Å². The van der Waals surface area contributed by atoms with E-state index in [1.165, 1.54) is 18.3 Å². The van der Waals surface area contributed by atoms with Crippen molar-refractivity contribution in [3.8, 4) is 0 Å². The van der Waals surface area contributed by atoms with Crippen molar-refractivity contribution in [1.29, 1.82) is 0 Å². The van der Waals surface area contributed by atoms with E-state index in [2.05, 4.69) is 0 Å². The van der Waals surface area contributed by atoms with Gasteiger partial charge < -0.3 is 5.11 Å². The number of aliphatic hydroxyl groups is 1. The molecular weight excluding hydrogens is 294 g/mol. The number of Topliss-reactive ketones (excluding diaryl/α,β-unsaturated/α-hetero) is 2. The van der Waals surface area contributed by atoms with Gasteiger partial charge in [0.1, 0.15) is 5.57 Å². The summed E-state index contributed by atoms with van der Waals surface area (Å²) >= 11 is 0. The van der Waals surface area contributed by atoms with E-state index in [4.69, 9.17) is 0 Å². The summed E-state index contributed by atoms with van der Waals surface area (Å²) < 4.78 is 1.57. The number of ketones is 2. The molecule has 0 spiro atoms. The van der Waals surface area contributed by atoms with E-state index in [-0.39, 0.29) is 16.7 Å². The minimum absolute atomic E-state index is 0.127. The van der Waals surface area contributed by atoms with Gasteiger partial charge in [0.05, 0.1) is 0 Å². The molecule has 0 atom stereocenters. The van der Waals surface area contributed by atoms with Crippen LogP contribution in [0.1, 0.15) is 26.4 Å². The van der Waals surface area contributed by atoms with Crippen LogP contribution >= 0.6 is 0 Å². The maximum absolute atomic E-state index is 12.5.